The average molecular weight is 253 g/mol. The molecule has 1 aliphatic carbocycles. The molecule has 0 radical (unpaired) electrons. The number of rotatable bonds is 7. The fraction of sp³-hybridized carbons (Fsp3) is 0.538. The number of hydrogen-bond donors (Lipinski definition) is 1. The zero-order valence-electron chi connectivity index (χ0n) is 9.92. The van der Waals surface area contributed by atoms with Crippen LogP contribution in [0.3, 0.4) is 0 Å². The third-order valence-electron chi connectivity index (χ3n) is 3.02. The zero-order chi connectivity index (χ0) is 12.1. The molecule has 1 aromatic carbocycles. The van der Waals surface area contributed by atoms with Gasteiger partial charge in [-0.1, -0.05) is 18.2 Å². The van der Waals surface area contributed by atoms with Gasteiger partial charge in [-0.05, 0) is 25.0 Å². The molecule has 0 heterocycles. The quantitative estimate of drug-likeness (QED) is 0.795. The fourth-order valence-electron chi connectivity index (χ4n) is 1.94. The summed E-state index contributed by atoms with van der Waals surface area (Å²) in [7, 11) is -0.920. The van der Waals surface area contributed by atoms with Crippen molar-refractivity contribution in [3.63, 3.8) is 0 Å². The van der Waals surface area contributed by atoms with Crippen molar-refractivity contribution in [1.29, 1.82) is 0 Å². The van der Waals surface area contributed by atoms with E-state index in [4.69, 9.17) is 5.11 Å². The number of nitrogens with zero attached hydrogens (tertiary/aromatic N) is 1. The van der Waals surface area contributed by atoms with Crippen LogP contribution in [0.1, 0.15) is 12.8 Å². The smallest absolute Gasteiger partial charge is 0.0558 e. The van der Waals surface area contributed by atoms with Crippen LogP contribution in [0.5, 0.6) is 0 Å². The van der Waals surface area contributed by atoms with E-state index in [0.717, 1.165) is 11.4 Å². The van der Waals surface area contributed by atoms with Crippen LogP contribution < -0.4 is 0 Å². The summed E-state index contributed by atoms with van der Waals surface area (Å²) >= 11 is 0. The first-order valence-corrected chi connectivity index (χ1v) is 7.41. The summed E-state index contributed by atoms with van der Waals surface area (Å²) in [5.41, 5.74) is 0. The van der Waals surface area contributed by atoms with Crippen molar-refractivity contribution in [1.82, 2.24) is 4.90 Å². The summed E-state index contributed by atoms with van der Waals surface area (Å²) in [4.78, 5) is 3.15. The molecule has 1 fully saturated rings. The summed E-state index contributed by atoms with van der Waals surface area (Å²) in [6.07, 6.45) is 2.44. The molecule has 1 unspecified atom stereocenters. The molecule has 0 aromatic heterocycles. The molecule has 0 spiro atoms. The highest BCUT2D eigenvalue weighted by atomic mass is 32.2. The lowest BCUT2D eigenvalue weighted by atomic mass is 10.4. The highest BCUT2D eigenvalue weighted by Crippen LogP contribution is 2.26. The van der Waals surface area contributed by atoms with Gasteiger partial charge in [-0.3, -0.25) is 9.11 Å². The topological polar surface area (TPSA) is 40.5 Å². The Balaban J connectivity index is 1.82. The van der Waals surface area contributed by atoms with E-state index in [1.807, 2.05) is 30.3 Å². The van der Waals surface area contributed by atoms with Gasteiger partial charge in [0.15, 0.2) is 0 Å². The van der Waals surface area contributed by atoms with Crippen molar-refractivity contribution in [2.24, 2.45) is 0 Å². The molecule has 0 amide bonds. The van der Waals surface area contributed by atoms with Gasteiger partial charge >= 0.3 is 0 Å². The predicted octanol–water partition coefficient (Wildman–Crippen LogP) is 1.25. The second kappa shape index (κ2) is 6.28. The van der Waals surface area contributed by atoms with E-state index < -0.39 is 10.8 Å². The van der Waals surface area contributed by atoms with E-state index in [-0.39, 0.29) is 6.61 Å². The molecule has 0 bridgehead atoms. The van der Waals surface area contributed by atoms with E-state index in [1.54, 1.807) is 0 Å². The molecule has 4 heteroatoms. The molecule has 94 valence electrons. The van der Waals surface area contributed by atoms with Gasteiger partial charge in [-0.2, -0.15) is 0 Å². The van der Waals surface area contributed by atoms with Gasteiger partial charge in [-0.25, -0.2) is 0 Å². The summed E-state index contributed by atoms with van der Waals surface area (Å²) in [5, 5.41) is 8.98. The summed E-state index contributed by atoms with van der Waals surface area (Å²) in [5.74, 6) is 0.653. The van der Waals surface area contributed by atoms with Gasteiger partial charge < -0.3 is 5.11 Å². The van der Waals surface area contributed by atoms with Crippen molar-refractivity contribution >= 4 is 10.8 Å². The first-order chi connectivity index (χ1) is 8.31. The van der Waals surface area contributed by atoms with Crippen molar-refractivity contribution in [3.8, 4) is 0 Å². The maximum Gasteiger partial charge on any atom is 0.0558 e. The highest BCUT2D eigenvalue weighted by Gasteiger charge is 2.28. The minimum Gasteiger partial charge on any atom is -0.395 e. The van der Waals surface area contributed by atoms with Crippen LogP contribution in [0.15, 0.2) is 35.2 Å². The lowest BCUT2D eigenvalue weighted by Gasteiger charge is -2.20. The van der Waals surface area contributed by atoms with Crippen LogP contribution in [-0.4, -0.2) is 45.7 Å². The predicted molar refractivity (Wildman–Crippen MR) is 69.4 cm³/mol. The van der Waals surface area contributed by atoms with Gasteiger partial charge in [0.1, 0.15) is 0 Å². The molecule has 1 aliphatic rings. The Morgan fingerprint density at radius 2 is 1.94 bits per heavy atom. The zero-order valence-corrected chi connectivity index (χ0v) is 10.7. The van der Waals surface area contributed by atoms with Crippen LogP contribution in [0, 0.1) is 0 Å². The number of benzene rings is 1. The third-order valence-corrected chi connectivity index (χ3v) is 4.37. The van der Waals surface area contributed by atoms with Gasteiger partial charge in [0.2, 0.25) is 0 Å². The monoisotopic (exact) mass is 253 g/mol. The lowest BCUT2D eigenvalue weighted by molar-refractivity contribution is 0.197. The molecule has 1 saturated carbocycles. The van der Waals surface area contributed by atoms with Crippen molar-refractivity contribution in [2.45, 2.75) is 23.8 Å². The largest absolute Gasteiger partial charge is 0.395 e. The van der Waals surface area contributed by atoms with E-state index in [0.29, 0.717) is 18.3 Å². The first kappa shape index (κ1) is 12.7. The van der Waals surface area contributed by atoms with Gasteiger partial charge in [-0.15, -0.1) is 0 Å². The minimum absolute atomic E-state index is 0.189. The summed E-state index contributed by atoms with van der Waals surface area (Å²) in [6, 6.07) is 10.2. The average Bonchev–Trinajstić information content (AvgIpc) is 3.19. The molecule has 1 aromatic rings. The van der Waals surface area contributed by atoms with Crippen LogP contribution in [0.2, 0.25) is 0 Å². The minimum atomic E-state index is -0.920. The molecule has 1 N–H and O–H groups in total. The Labute approximate surface area is 105 Å². The Kier molecular flexibility index (Phi) is 4.71. The Morgan fingerprint density at radius 1 is 1.24 bits per heavy atom. The van der Waals surface area contributed by atoms with E-state index in [9.17, 15) is 4.21 Å². The lowest BCUT2D eigenvalue weighted by Crippen LogP contribution is -2.32. The Bertz CT molecular complexity index is 365. The van der Waals surface area contributed by atoms with Crippen molar-refractivity contribution < 1.29 is 9.32 Å². The molecular weight excluding hydrogens is 234 g/mol. The SMILES string of the molecule is O=S(CCN(CCO)C1CC1)c1ccccc1. The highest BCUT2D eigenvalue weighted by molar-refractivity contribution is 7.85. The van der Waals surface area contributed by atoms with Crippen LogP contribution in [0.25, 0.3) is 0 Å². The number of aliphatic hydroxyl groups is 1. The van der Waals surface area contributed by atoms with Crippen LogP contribution in [-0.2, 0) is 10.8 Å². The molecule has 3 nitrogen and oxygen atoms in total. The number of hydrogen-bond acceptors (Lipinski definition) is 3. The van der Waals surface area contributed by atoms with Crippen LogP contribution in [0.4, 0.5) is 0 Å². The molecule has 1 atom stereocenters. The van der Waals surface area contributed by atoms with Crippen LogP contribution >= 0.6 is 0 Å². The Morgan fingerprint density at radius 3 is 2.53 bits per heavy atom. The Hall–Kier alpha value is -0.710. The molecular formula is C13H19NO2S. The molecule has 17 heavy (non-hydrogen) atoms. The normalized spacial score (nSPS) is 17.3. The van der Waals surface area contributed by atoms with E-state index in [1.165, 1.54) is 12.8 Å². The van der Waals surface area contributed by atoms with Crippen molar-refractivity contribution in [2.75, 3.05) is 25.4 Å². The number of aliphatic hydroxyl groups excluding tert-OH is 1. The molecule has 0 aliphatic heterocycles. The molecule has 0 saturated heterocycles. The second-order valence-corrected chi connectivity index (χ2v) is 5.92. The summed E-state index contributed by atoms with van der Waals surface area (Å²) in [6.45, 7) is 1.71. The third kappa shape index (κ3) is 3.91. The second-order valence-electron chi connectivity index (χ2n) is 4.35. The van der Waals surface area contributed by atoms with Crippen molar-refractivity contribution in [3.05, 3.63) is 30.3 Å². The van der Waals surface area contributed by atoms with Gasteiger partial charge in [0, 0.05) is 29.8 Å². The maximum absolute atomic E-state index is 12.0. The first-order valence-electron chi connectivity index (χ1n) is 6.09. The standard InChI is InChI=1S/C13H19NO2S/c15-10-8-14(12-6-7-12)9-11-17(16)13-4-2-1-3-5-13/h1-5,12,15H,6-11H2. The van der Waals surface area contributed by atoms with E-state index in [2.05, 4.69) is 4.90 Å². The van der Waals surface area contributed by atoms with Gasteiger partial charge in [0.05, 0.1) is 17.4 Å². The fourth-order valence-corrected chi connectivity index (χ4v) is 3.03. The van der Waals surface area contributed by atoms with Gasteiger partial charge in [0.25, 0.3) is 0 Å². The summed E-state index contributed by atoms with van der Waals surface area (Å²) < 4.78 is 12.0. The van der Waals surface area contributed by atoms with E-state index >= 15 is 0 Å². The maximum atomic E-state index is 12.0. The molecule has 2 rings (SSSR count).